The zero-order valence-corrected chi connectivity index (χ0v) is 7.89. The van der Waals surface area contributed by atoms with E-state index in [1.165, 1.54) is 6.07 Å². The van der Waals surface area contributed by atoms with E-state index in [0.29, 0.717) is 5.76 Å². The van der Waals surface area contributed by atoms with Gasteiger partial charge in [0, 0.05) is 5.56 Å². The molecule has 0 unspecified atom stereocenters. The lowest BCUT2D eigenvalue weighted by atomic mass is 9.90. The first-order valence-corrected chi connectivity index (χ1v) is 4.62. The van der Waals surface area contributed by atoms with Gasteiger partial charge >= 0.3 is 5.63 Å². The van der Waals surface area contributed by atoms with Gasteiger partial charge in [0.2, 0.25) is 0 Å². The monoisotopic (exact) mass is 208 g/mol. The molecule has 1 aromatic heterocycles. The molecule has 3 rings (SSSR count). The smallest absolute Gasteiger partial charge is 0.342 e. The van der Waals surface area contributed by atoms with Crippen molar-refractivity contribution in [2.75, 3.05) is 0 Å². The van der Waals surface area contributed by atoms with Crippen LogP contribution in [0.2, 0.25) is 0 Å². The molecule has 1 aliphatic heterocycles. The van der Waals surface area contributed by atoms with Crippen LogP contribution in [-0.4, -0.2) is 23.1 Å². The highest BCUT2D eigenvalue weighted by Crippen LogP contribution is 2.41. The summed E-state index contributed by atoms with van der Waals surface area (Å²) >= 11 is 0. The van der Waals surface area contributed by atoms with Crippen LogP contribution >= 0.6 is 0 Å². The molecule has 1 N–H and O–H groups in total. The summed E-state index contributed by atoms with van der Waals surface area (Å²) in [6, 6.07) is 1.47. The number of Topliss-reactive ketones (excluding diaryl/α,β-unsaturated/α-hetero) is 1. The van der Waals surface area contributed by atoms with E-state index in [2.05, 4.69) is 0 Å². The third-order valence-corrected chi connectivity index (χ3v) is 2.77. The Bertz CT molecular complexity index is 515. The van der Waals surface area contributed by atoms with Crippen LogP contribution in [0.15, 0.2) is 15.3 Å². The number of ketones is 1. The molecule has 1 saturated heterocycles. The number of aliphatic hydroxyl groups excluding tert-OH is 1. The highest BCUT2D eigenvalue weighted by molar-refractivity contribution is 6.04. The second-order valence-electron chi connectivity index (χ2n) is 3.80. The van der Waals surface area contributed by atoms with Gasteiger partial charge < -0.3 is 14.3 Å². The third kappa shape index (κ3) is 1.04. The van der Waals surface area contributed by atoms with Crippen LogP contribution in [-0.2, 0) is 4.74 Å². The molecule has 2 heterocycles. The Morgan fingerprint density at radius 1 is 1.40 bits per heavy atom. The van der Waals surface area contributed by atoms with E-state index < -0.39 is 23.9 Å². The Hall–Kier alpha value is -1.46. The second kappa shape index (κ2) is 2.56. The molecule has 0 spiro atoms. The quantitative estimate of drug-likeness (QED) is 0.604. The summed E-state index contributed by atoms with van der Waals surface area (Å²) < 4.78 is 9.84. The van der Waals surface area contributed by atoms with Crippen LogP contribution in [0.25, 0.3) is 0 Å². The number of aryl methyl sites for hydroxylation is 1. The Kier molecular flexibility index (Phi) is 1.50. The fraction of sp³-hybridized carbons (Fsp3) is 0.400. The van der Waals surface area contributed by atoms with Gasteiger partial charge in [-0.05, 0) is 13.0 Å². The molecule has 1 fully saturated rings. The molecule has 0 aromatic carbocycles. The Balaban J connectivity index is 2.30. The molecule has 0 radical (unpaired) electrons. The molecule has 5 heteroatoms. The molecular weight excluding hydrogens is 200 g/mol. The van der Waals surface area contributed by atoms with Gasteiger partial charge in [-0.1, -0.05) is 0 Å². The summed E-state index contributed by atoms with van der Waals surface area (Å²) in [6.45, 7) is 1.58. The van der Waals surface area contributed by atoms with Gasteiger partial charge in [-0.15, -0.1) is 0 Å². The van der Waals surface area contributed by atoms with Gasteiger partial charge in [-0.25, -0.2) is 4.79 Å². The number of fused-ring (bicyclic) bond motifs is 2. The molecule has 1 aliphatic carbocycles. The minimum atomic E-state index is -1.04. The van der Waals surface area contributed by atoms with Crippen LogP contribution in [0, 0.1) is 6.92 Å². The summed E-state index contributed by atoms with van der Waals surface area (Å²) in [5.41, 5.74) is -0.390. The average molecular weight is 208 g/mol. The highest BCUT2D eigenvalue weighted by atomic mass is 16.6. The molecular formula is C10H8O5. The van der Waals surface area contributed by atoms with E-state index in [9.17, 15) is 14.7 Å². The van der Waals surface area contributed by atoms with Crippen molar-refractivity contribution in [3.05, 3.63) is 33.4 Å². The molecule has 1 aromatic rings. The third-order valence-electron chi connectivity index (χ3n) is 2.77. The number of hydrogen-bond acceptors (Lipinski definition) is 5. The van der Waals surface area contributed by atoms with Crippen molar-refractivity contribution in [2.45, 2.75) is 25.2 Å². The average Bonchev–Trinajstić information content (AvgIpc) is 2.92. The van der Waals surface area contributed by atoms with Crippen molar-refractivity contribution in [1.29, 1.82) is 0 Å². The summed E-state index contributed by atoms with van der Waals surface area (Å²) in [5, 5.41) is 9.72. The van der Waals surface area contributed by atoms with Crippen molar-refractivity contribution >= 4 is 5.78 Å². The molecule has 0 amide bonds. The van der Waals surface area contributed by atoms with Crippen molar-refractivity contribution in [2.24, 2.45) is 0 Å². The molecule has 0 bridgehead atoms. The minimum absolute atomic E-state index is 0.0318. The highest BCUT2D eigenvalue weighted by Gasteiger charge is 2.56. The van der Waals surface area contributed by atoms with E-state index in [-0.39, 0.29) is 16.9 Å². The van der Waals surface area contributed by atoms with Crippen molar-refractivity contribution in [1.82, 2.24) is 0 Å². The van der Waals surface area contributed by atoms with Gasteiger partial charge in [0.25, 0.3) is 0 Å². The zero-order valence-electron chi connectivity index (χ0n) is 7.89. The van der Waals surface area contributed by atoms with E-state index in [4.69, 9.17) is 9.15 Å². The number of hydrogen-bond donors (Lipinski definition) is 1. The molecule has 5 nitrogen and oxygen atoms in total. The van der Waals surface area contributed by atoms with E-state index in [1.54, 1.807) is 6.92 Å². The van der Waals surface area contributed by atoms with Gasteiger partial charge in [0.05, 0.1) is 5.56 Å². The predicted molar refractivity (Wildman–Crippen MR) is 47.7 cm³/mol. The standard InChI is InChI=1S/C10H8O5/c1-3-2-4-5(10(13)14-3)7(12)9-8(15-9)6(4)11/h2,7-9,12H,1H3/t7-,8+,9-/m1/s1. The van der Waals surface area contributed by atoms with Crippen molar-refractivity contribution in [3.63, 3.8) is 0 Å². The molecule has 2 aliphatic rings. The van der Waals surface area contributed by atoms with Crippen molar-refractivity contribution in [3.8, 4) is 0 Å². The lowest BCUT2D eigenvalue weighted by molar-refractivity contribution is 0.0936. The molecule has 15 heavy (non-hydrogen) atoms. The summed E-state index contributed by atoms with van der Waals surface area (Å²) in [7, 11) is 0. The lowest BCUT2D eigenvalue weighted by Gasteiger charge is -2.14. The fourth-order valence-electron chi connectivity index (χ4n) is 2.00. The maximum atomic E-state index is 11.7. The maximum absolute atomic E-state index is 11.7. The number of ether oxygens (including phenoxy) is 1. The SMILES string of the molecule is Cc1cc2c(c(=O)o1)[C@@H](O)[C@H]1O[C@H]1C2=O. The van der Waals surface area contributed by atoms with Crippen LogP contribution in [0.1, 0.15) is 27.8 Å². The number of aliphatic hydroxyl groups is 1. The molecule has 78 valence electrons. The number of rotatable bonds is 0. The largest absolute Gasteiger partial charge is 0.428 e. The summed E-state index contributed by atoms with van der Waals surface area (Å²) in [5.74, 6) is 0.120. The molecule has 3 atom stereocenters. The number of carbonyl (C=O) groups excluding carboxylic acids is 1. The second-order valence-corrected chi connectivity index (χ2v) is 3.80. The normalized spacial score (nSPS) is 32.1. The van der Waals surface area contributed by atoms with Gasteiger partial charge in [0.15, 0.2) is 5.78 Å². The predicted octanol–water partition coefficient (Wildman–Crippen LogP) is -0.0547. The van der Waals surface area contributed by atoms with E-state index in [1.807, 2.05) is 0 Å². The van der Waals surface area contributed by atoms with Crippen LogP contribution in [0.3, 0.4) is 0 Å². The topological polar surface area (TPSA) is 80.0 Å². The van der Waals surface area contributed by atoms with Crippen molar-refractivity contribution < 1.29 is 19.1 Å². The first-order valence-electron chi connectivity index (χ1n) is 4.62. The van der Waals surface area contributed by atoms with Gasteiger partial charge in [0.1, 0.15) is 24.1 Å². The fourth-order valence-corrected chi connectivity index (χ4v) is 2.00. The maximum Gasteiger partial charge on any atom is 0.342 e. The van der Waals surface area contributed by atoms with Gasteiger partial charge in [-0.2, -0.15) is 0 Å². The number of carbonyl (C=O) groups is 1. The van der Waals surface area contributed by atoms with Crippen LogP contribution in [0.5, 0.6) is 0 Å². The first-order chi connectivity index (χ1) is 7.09. The van der Waals surface area contributed by atoms with E-state index in [0.717, 1.165) is 0 Å². The Labute approximate surface area is 84.3 Å². The Morgan fingerprint density at radius 2 is 2.13 bits per heavy atom. The molecule has 0 saturated carbocycles. The lowest BCUT2D eigenvalue weighted by Crippen LogP contribution is -2.30. The van der Waals surface area contributed by atoms with Crippen LogP contribution in [0.4, 0.5) is 0 Å². The zero-order chi connectivity index (χ0) is 10.7. The minimum Gasteiger partial charge on any atom is -0.428 e. The summed E-state index contributed by atoms with van der Waals surface area (Å²) in [4.78, 5) is 23.2. The van der Waals surface area contributed by atoms with Gasteiger partial charge in [-0.3, -0.25) is 4.79 Å². The summed E-state index contributed by atoms with van der Waals surface area (Å²) in [6.07, 6.45) is -2.18. The Morgan fingerprint density at radius 3 is 2.87 bits per heavy atom. The number of epoxide rings is 1. The first kappa shape index (κ1) is 8.82. The van der Waals surface area contributed by atoms with E-state index >= 15 is 0 Å². The van der Waals surface area contributed by atoms with Crippen LogP contribution < -0.4 is 5.63 Å².